The summed E-state index contributed by atoms with van der Waals surface area (Å²) in [6.07, 6.45) is 2.68. The maximum atomic E-state index is 5.13. The summed E-state index contributed by atoms with van der Waals surface area (Å²) in [4.78, 5) is 2.57. The van der Waals surface area contributed by atoms with E-state index in [1.54, 1.807) is 0 Å². The van der Waals surface area contributed by atoms with Crippen LogP contribution in [0.3, 0.4) is 0 Å². The van der Waals surface area contributed by atoms with Crippen molar-refractivity contribution in [2.45, 2.75) is 59.2 Å². The highest BCUT2D eigenvalue weighted by Crippen LogP contribution is 2.31. The van der Waals surface area contributed by atoms with Gasteiger partial charge in [-0.15, -0.1) is 0 Å². The quantitative estimate of drug-likeness (QED) is 0.767. The molecule has 3 nitrogen and oxygen atoms in total. The summed E-state index contributed by atoms with van der Waals surface area (Å²) in [5.41, 5.74) is 1.07. The highest BCUT2D eigenvalue weighted by atomic mass is 16.5. The Balaban J connectivity index is 2.02. The van der Waals surface area contributed by atoms with E-state index in [9.17, 15) is 0 Å². The second kappa shape index (κ2) is 4.58. The van der Waals surface area contributed by atoms with E-state index < -0.39 is 0 Å². The van der Waals surface area contributed by atoms with Crippen molar-refractivity contribution in [3.8, 4) is 0 Å². The Labute approximate surface area is 97.8 Å². The molecule has 90 valence electrons. The molecule has 0 spiro atoms. The number of nitrogens with zero attached hydrogens (tertiary/aromatic N) is 2. The van der Waals surface area contributed by atoms with Gasteiger partial charge in [-0.3, -0.25) is 4.90 Å². The lowest BCUT2D eigenvalue weighted by Crippen LogP contribution is -2.38. The molecule has 1 atom stereocenters. The van der Waals surface area contributed by atoms with Crippen LogP contribution in [0.2, 0.25) is 0 Å². The predicted molar refractivity (Wildman–Crippen MR) is 64.1 cm³/mol. The van der Waals surface area contributed by atoms with Crippen LogP contribution in [-0.4, -0.2) is 22.1 Å². The number of aromatic nitrogens is 1. The van der Waals surface area contributed by atoms with E-state index in [1.807, 2.05) is 13.0 Å². The van der Waals surface area contributed by atoms with E-state index in [2.05, 4.69) is 30.8 Å². The van der Waals surface area contributed by atoms with Gasteiger partial charge in [0.25, 0.3) is 0 Å². The molecule has 1 fully saturated rings. The van der Waals surface area contributed by atoms with Gasteiger partial charge in [-0.05, 0) is 32.6 Å². The minimum atomic E-state index is 0.615. The van der Waals surface area contributed by atoms with Crippen molar-refractivity contribution in [2.24, 2.45) is 5.92 Å². The Morgan fingerprint density at radius 2 is 2.12 bits per heavy atom. The monoisotopic (exact) mass is 222 g/mol. The summed E-state index contributed by atoms with van der Waals surface area (Å²) >= 11 is 0. The van der Waals surface area contributed by atoms with E-state index in [1.165, 1.54) is 12.8 Å². The SMILES string of the molecule is Cc1cc(CN(C2CC2)C(C)C(C)C)no1. The zero-order valence-electron chi connectivity index (χ0n) is 10.7. The lowest BCUT2D eigenvalue weighted by Gasteiger charge is -2.31. The van der Waals surface area contributed by atoms with Gasteiger partial charge in [0.15, 0.2) is 0 Å². The summed E-state index contributed by atoms with van der Waals surface area (Å²) in [5.74, 6) is 1.59. The molecule has 0 N–H and O–H groups in total. The van der Waals surface area contributed by atoms with Gasteiger partial charge in [-0.1, -0.05) is 19.0 Å². The van der Waals surface area contributed by atoms with Crippen LogP contribution in [0.25, 0.3) is 0 Å². The Hall–Kier alpha value is -0.830. The lowest BCUT2D eigenvalue weighted by molar-refractivity contribution is 0.146. The Morgan fingerprint density at radius 1 is 1.44 bits per heavy atom. The highest BCUT2D eigenvalue weighted by Gasteiger charge is 2.33. The minimum Gasteiger partial charge on any atom is -0.361 e. The topological polar surface area (TPSA) is 29.3 Å². The van der Waals surface area contributed by atoms with Crippen LogP contribution in [0.4, 0.5) is 0 Å². The summed E-state index contributed by atoms with van der Waals surface area (Å²) in [6.45, 7) is 9.77. The van der Waals surface area contributed by atoms with Crippen molar-refractivity contribution in [1.82, 2.24) is 10.1 Å². The van der Waals surface area contributed by atoms with Crippen molar-refractivity contribution in [1.29, 1.82) is 0 Å². The van der Waals surface area contributed by atoms with Crippen molar-refractivity contribution in [2.75, 3.05) is 0 Å². The Kier molecular flexibility index (Phi) is 3.33. The third-order valence-electron chi connectivity index (χ3n) is 3.53. The highest BCUT2D eigenvalue weighted by molar-refractivity contribution is 5.05. The van der Waals surface area contributed by atoms with E-state index in [0.717, 1.165) is 24.0 Å². The van der Waals surface area contributed by atoms with Gasteiger partial charge in [-0.25, -0.2) is 0 Å². The van der Waals surface area contributed by atoms with Crippen molar-refractivity contribution in [3.05, 3.63) is 17.5 Å². The van der Waals surface area contributed by atoms with Crippen LogP contribution in [-0.2, 0) is 6.54 Å². The first-order chi connectivity index (χ1) is 7.58. The van der Waals surface area contributed by atoms with E-state index in [-0.39, 0.29) is 0 Å². The molecule has 1 aromatic rings. The van der Waals surface area contributed by atoms with Crippen LogP contribution >= 0.6 is 0 Å². The Morgan fingerprint density at radius 3 is 2.56 bits per heavy atom. The first kappa shape index (κ1) is 11.6. The van der Waals surface area contributed by atoms with Gasteiger partial charge < -0.3 is 4.52 Å². The zero-order valence-corrected chi connectivity index (χ0v) is 10.7. The third-order valence-corrected chi connectivity index (χ3v) is 3.53. The normalized spacial score (nSPS) is 18.4. The van der Waals surface area contributed by atoms with Gasteiger partial charge in [0.05, 0.1) is 5.69 Å². The summed E-state index contributed by atoms with van der Waals surface area (Å²) < 4.78 is 5.13. The molecule has 1 unspecified atom stereocenters. The summed E-state index contributed by atoms with van der Waals surface area (Å²) in [6, 6.07) is 3.43. The van der Waals surface area contributed by atoms with Gasteiger partial charge >= 0.3 is 0 Å². The molecule has 0 radical (unpaired) electrons. The first-order valence-corrected chi connectivity index (χ1v) is 6.26. The van der Waals surface area contributed by atoms with Crippen LogP contribution in [0, 0.1) is 12.8 Å². The minimum absolute atomic E-state index is 0.615. The van der Waals surface area contributed by atoms with Crippen molar-refractivity contribution in [3.63, 3.8) is 0 Å². The molecule has 0 aromatic carbocycles. The number of hydrogen-bond donors (Lipinski definition) is 0. The molecule has 2 rings (SSSR count). The molecule has 1 aliphatic carbocycles. The molecular weight excluding hydrogens is 200 g/mol. The average Bonchev–Trinajstić information content (AvgIpc) is 2.98. The second-order valence-electron chi connectivity index (χ2n) is 5.32. The van der Waals surface area contributed by atoms with Gasteiger partial charge in [0.1, 0.15) is 5.76 Å². The zero-order chi connectivity index (χ0) is 11.7. The molecular formula is C13H22N2O. The number of aryl methyl sites for hydroxylation is 1. The second-order valence-corrected chi connectivity index (χ2v) is 5.32. The summed E-state index contributed by atoms with van der Waals surface area (Å²) in [5, 5.41) is 4.09. The molecule has 0 amide bonds. The largest absolute Gasteiger partial charge is 0.361 e. The van der Waals surface area contributed by atoms with E-state index in [0.29, 0.717) is 12.0 Å². The first-order valence-electron chi connectivity index (χ1n) is 6.26. The smallest absolute Gasteiger partial charge is 0.133 e. The van der Waals surface area contributed by atoms with E-state index >= 15 is 0 Å². The molecule has 16 heavy (non-hydrogen) atoms. The molecule has 0 aliphatic heterocycles. The maximum absolute atomic E-state index is 5.13. The fraction of sp³-hybridized carbons (Fsp3) is 0.769. The summed E-state index contributed by atoms with van der Waals surface area (Å²) in [7, 11) is 0. The molecule has 1 aromatic heterocycles. The fourth-order valence-electron chi connectivity index (χ4n) is 2.07. The van der Waals surface area contributed by atoms with E-state index in [4.69, 9.17) is 4.52 Å². The lowest BCUT2D eigenvalue weighted by atomic mass is 10.0. The molecule has 0 saturated heterocycles. The predicted octanol–water partition coefficient (Wildman–Crippen LogP) is 2.99. The van der Waals surface area contributed by atoms with Crippen molar-refractivity contribution >= 4 is 0 Å². The number of rotatable bonds is 5. The van der Waals surface area contributed by atoms with Crippen LogP contribution < -0.4 is 0 Å². The van der Waals surface area contributed by atoms with Crippen LogP contribution in [0.5, 0.6) is 0 Å². The number of hydrogen-bond acceptors (Lipinski definition) is 3. The molecule has 1 aliphatic rings. The molecule has 1 saturated carbocycles. The average molecular weight is 222 g/mol. The standard InChI is InChI=1S/C13H22N2O/c1-9(2)11(4)15(13-5-6-13)8-12-7-10(3)16-14-12/h7,9,11,13H,5-6,8H2,1-4H3. The van der Waals surface area contributed by atoms with Gasteiger partial charge in [0, 0.05) is 24.7 Å². The molecule has 0 bridgehead atoms. The van der Waals surface area contributed by atoms with Gasteiger partial charge in [-0.2, -0.15) is 0 Å². The fourth-order valence-corrected chi connectivity index (χ4v) is 2.07. The molecule has 1 heterocycles. The van der Waals surface area contributed by atoms with Crippen molar-refractivity contribution < 1.29 is 4.52 Å². The maximum Gasteiger partial charge on any atom is 0.133 e. The molecule has 3 heteroatoms. The Bertz CT molecular complexity index is 341. The third kappa shape index (κ3) is 2.64. The van der Waals surface area contributed by atoms with Crippen LogP contribution in [0.1, 0.15) is 45.1 Å². The van der Waals surface area contributed by atoms with Crippen LogP contribution in [0.15, 0.2) is 10.6 Å². The van der Waals surface area contributed by atoms with Gasteiger partial charge in [0.2, 0.25) is 0 Å².